The van der Waals surface area contributed by atoms with Crippen molar-refractivity contribution in [3.05, 3.63) is 123 Å². The summed E-state index contributed by atoms with van der Waals surface area (Å²) in [5.41, 5.74) is 13.4. The van der Waals surface area contributed by atoms with Gasteiger partial charge in [0.05, 0.1) is 70.7 Å². The van der Waals surface area contributed by atoms with Crippen molar-refractivity contribution in [1.82, 2.24) is 71.9 Å². The smallest absolute Gasteiger partial charge is 0.407 e. The Bertz CT molecular complexity index is 5870. The second-order valence-electron chi connectivity index (χ2n) is 35.4. The van der Waals surface area contributed by atoms with Crippen LogP contribution in [0.3, 0.4) is 0 Å². The standard InChI is InChI=1S/C61H79N7O19S2.C30H39N13O9/c1-8-57(81)27-34-28-60(54(78)84-6,47-36(15-19-67(30-34)32-57)35-13-10-11-14-39(35)63-47)38-24-37-42(26-43(38)83-5)66(4)52-59(37)17-20-68-18-12-16-58(9-2,51(59)68)53(61(52,82)55(79)85-7)87-46(73)29-62-56(80)86-21-22-88-89-31-41(50(76)77)65-49(75)40(25-45(71)72)64-48(74)33(3)23-44(69)70;1-34-25(48)17(3-2-10-35-29(31)32)40-26(49)19(11-21(45)46)39-20(44)9-8-18(28(51)52)41-24(47)14-4-6-15(7-5-14)36-12-16-13-37-23-22(38-16)27(50)43-30(33)42-23/h10-14,16,24,26,33-34,40-41,51-53,63,81-82H,8-9,15,17-23,25,27-32H2,1-7H3,(H,62,80)(H,64,74)(H,65,75)(H,69,70)(H,71,72)(H,76,77);4-7,13,17-19,36H,2-3,8-12H2,1H3,(H,34,48)(H,39,44)(H,40,49)(H,41,47)(H,45,46)(H,51,52)(H4,31,32,35)(H3,33,37,42,43,50)/t33-,34?,40-,41-,51-,52+,53+,57?,58+,59+,60-,61-;17-,18-,19-/m00/s1. The van der Waals surface area contributed by atoms with Crippen molar-refractivity contribution in [1.29, 1.82) is 0 Å². The Balaban J connectivity index is 0.000000311. The number of aliphatic hydroxyl groups is 2. The van der Waals surface area contributed by atoms with Crippen molar-refractivity contribution in [3.63, 3.8) is 0 Å². The van der Waals surface area contributed by atoms with Crippen LogP contribution in [-0.4, -0.2) is 325 Å². The molecule has 6 aromatic rings. The van der Waals surface area contributed by atoms with E-state index in [0.29, 0.717) is 92.5 Å². The van der Waals surface area contributed by atoms with Crippen molar-refractivity contribution in [2.24, 2.45) is 33.7 Å². The highest BCUT2D eigenvalue weighted by atomic mass is 33.1. The van der Waals surface area contributed by atoms with E-state index in [0.717, 1.165) is 50.7 Å². The minimum absolute atomic E-state index is 0.0102. The summed E-state index contributed by atoms with van der Waals surface area (Å²) >= 11 is 0. The lowest BCUT2D eigenvalue weighted by Crippen LogP contribution is -2.81. The molecular weight excluding hydrogens is 1890 g/mol. The number of nitrogens with one attached hydrogen (secondary N) is 10. The molecule has 7 amide bonds. The van der Waals surface area contributed by atoms with Crippen LogP contribution in [0.4, 0.5) is 22.1 Å². The molecule has 8 heterocycles. The van der Waals surface area contributed by atoms with Crippen LogP contribution < -0.4 is 74.9 Å². The van der Waals surface area contributed by atoms with Gasteiger partial charge in [-0.3, -0.25) is 77.3 Å². The van der Waals surface area contributed by atoms with Gasteiger partial charge in [-0.2, -0.15) is 4.98 Å². The topological polar surface area (TPSA) is 728 Å². The molecule has 6 aliphatic rings. The maximum atomic E-state index is 15.6. The van der Waals surface area contributed by atoms with Crippen molar-refractivity contribution in [2.75, 3.05) is 115 Å². The number of fused-ring (bicyclic) bond motifs is 7. The molecule has 48 nitrogen and oxygen atoms in total. The largest absolute Gasteiger partial charge is 0.496 e. The van der Waals surface area contributed by atoms with E-state index >= 15 is 4.79 Å². The summed E-state index contributed by atoms with van der Waals surface area (Å²) in [6.07, 6.45) is 2.10. The molecule has 1 aliphatic carbocycles. The van der Waals surface area contributed by atoms with Gasteiger partial charge in [-0.1, -0.05) is 72.7 Å². The van der Waals surface area contributed by atoms with Crippen LogP contribution >= 0.6 is 21.6 Å². The monoisotopic (exact) mass is 2000 g/mol. The molecule has 2 saturated heterocycles. The van der Waals surface area contributed by atoms with Crippen molar-refractivity contribution in [3.8, 4) is 5.75 Å². The van der Waals surface area contributed by atoms with Crippen molar-refractivity contribution in [2.45, 2.75) is 181 Å². The number of guanidine groups is 1. The Hall–Kier alpha value is -14.0. The number of H-pyrrole nitrogens is 2. The number of nitrogens with two attached hydrogens (primary N) is 3. The Morgan fingerprint density at radius 2 is 1.40 bits per heavy atom. The number of aliphatic carboxylic acids is 5. The fourth-order valence-corrected chi connectivity index (χ4v) is 22.2. The molecule has 1 spiro atoms. The Kier molecular flexibility index (Phi) is 35.4. The molecule has 50 heteroatoms. The van der Waals surface area contributed by atoms with Gasteiger partial charge < -0.3 is 129 Å². The van der Waals surface area contributed by atoms with E-state index in [1.807, 2.05) is 67.3 Å². The van der Waals surface area contributed by atoms with E-state index in [9.17, 15) is 103 Å². The average Bonchev–Trinajstić information content (AvgIpc) is 1.48. The quantitative estimate of drug-likeness (QED) is 0.00449. The molecule has 1 saturated carbocycles. The van der Waals surface area contributed by atoms with Crippen LogP contribution in [0.2, 0.25) is 0 Å². The molecule has 3 fully saturated rings. The number of amides is 7. The van der Waals surface area contributed by atoms with Gasteiger partial charge in [-0.25, -0.2) is 29.1 Å². The zero-order valence-corrected chi connectivity index (χ0v) is 80.3. The van der Waals surface area contributed by atoms with Gasteiger partial charge >= 0.3 is 53.8 Å². The van der Waals surface area contributed by atoms with E-state index in [1.54, 1.807) is 19.2 Å². The summed E-state index contributed by atoms with van der Waals surface area (Å²) < 4.78 is 29.6. The number of aliphatic imine (C=N–C) groups is 1. The number of methoxy groups -OCH3 is 3. The number of nitrogens with zero attached hydrogens (tertiary/aromatic N) is 7. The first-order valence-corrected chi connectivity index (χ1v) is 47.9. The molecule has 762 valence electrons. The number of anilines is 3. The number of ether oxygens (including phenoxy) is 5. The fourth-order valence-electron chi connectivity index (χ4n) is 20.2. The van der Waals surface area contributed by atoms with E-state index < -0.39 is 215 Å². The molecule has 23 N–H and O–H groups in total. The third kappa shape index (κ3) is 24.0. The summed E-state index contributed by atoms with van der Waals surface area (Å²) in [5, 5.41) is 93.2. The predicted octanol–water partition coefficient (Wildman–Crippen LogP) is -0.167. The Morgan fingerprint density at radius 3 is 2.05 bits per heavy atom. The number of alkyl carbamates (subject to hydrolysis) is 1. The number of hydrogen-bond acceptors (Lipinski definition) is 34. The maximum absolute atomic E-state index is 15.6. The first-order chi connectivity index (χ1) is 67.0. The van der Waals surface area contributed by atoms with Crippen LogP contribution in [0.1, 0.15) is 136 Å². The minimum atomic E-state index is -2.61. The van der Waals surface area contributed by atoms with Gasteiger partial charge in [0.1, 0.15) is 54.5 Å². The summed E-state index contributed by atoms with van der Waals surface area (Å²) in [4.78, 5) is 233. The average molecular weight is 2000 g/mol. The number of carbonyl (C=O) groups excluding carboxylic acids is 10. The minimum Gasteiger partial charge on any atom is -0.496 e. The SMILES string of the molecule is CCC1(O)CC2CN(CCc3c([nH]c4ccccc34)[C@@](C(=O)OC)(c3cc4c(cc3OC)N(C)[C@H]3[C@@](O)(C(=O)OC)[C@H](OC(=O)CNC(=O)OCCSSC[C@H](NC(=O)[C@H](CC(=O)O)NC(=O)[C@@H](C)CC(=O)O)C(=O)O)[C@]5(CC)C=CCN6CC[C@]43[C@@H]65)C2)C1.CNC(=O)[C@H](CCCN=C(N)N)NC(=O)[C@H](CC(=O)O)NC(=O)CC[C@H](NC(=O)c1ccc(NCc2cnc3nc(N)[nH]c(=O)c3n2)cc1)C(=O)O. The Morgan fingerprint density at radius 1 is 0.730 bits per heavy atom. The van der Waals surface area contributed by atoms with E-state index in [2.05, 4.69) is 82.2 Å². The molecule has 3 aromatic carbocycles. The number of nitrogen functional groups attached to an aromatic ring is 1. The van der Waals surface area contributed by atoms with Crippen molar-refractivity contribution < 1.29 is 131 Å². The van der Waals surface area contributed by atoms with Gasteiger partial charge in [0, 0.05) is 133 Å². The molecule has 5 aliphatic heterocycles. The van der Waals surface area contributed by atoms with Gasteiger partial charge in [-0.05, 0) is 118 Å². The van der Waals surface area contributed by atoms with E-state index in [1.165, 1.54) is 46.5 Å². The lowest BCUT2D eigenvalue weighted by Gasteiger charge is -2.63. The van der Waals surface area contributed by atoms with E-state index in [-0.39, 0.29) is 91.4 Å². The van der Waals surface area contributed by atoms with Crippen LogP contribution in [0.5, 0.6) is 5.75 Å². The highest BCUT2D eigenvalue weighted by molar-refractivity contribution is 8.76. The third-order valence-corrected chi connectivity index (χ3v) is 28.8. The molecule has 16 atom stereocenters. The number of aromatic amines is 2. The summed E-state index contributed by atoms with van der Waals surface area (Å²) in [7, 11) is 9.17. The summed E-state index contributed by atoms with van der Waals surface area (Å²) in [6.45, 7) is 7.16. The molecule has 3 unspecified atom stereocenters. The molecule has 3 aromatic heterocycles. The third-order valence-electron chi connectivity index (χ3n) is 26.4. The molecule has 12 rings (SSSR count). The lowest BCUT2D eigenvalue weighted by molar-refractivity contribution is -0.229. The second kappa shape index (κ2) is 46.4. The first kappa shape index (κ1) is 107. The second-order valence-corrected chi connectivity index (χ2v) is 38.0. The summed E-state index contributed by atoms with van der Waals surface area (Å²) in [6, 6.07) is 8.53. The number of carboxylic acids is 5. The van der Waals surface area contributed by atoms with Gasteiger partial charge in [0.15, 0.2) is 23.2 Å². The van der Waals surface area contributed by atoms with Crippen LogP contribution in [-0.2, 0) is 105 Å². The van der Waals surface area contributed by atoms with Gasteiger partial charge in [-0.15, -0.1) is 0 Å². The number of likely N-dealkylation sites (N-methyl/N-ethyl adjacent to an activating group) is 2. The summed E-state index contributed by atoms with van der Waals surface area (Å²) in [5.74, 6) is -16.4. The number of aromatic nitrogens is 5. The number of esters is 3. The number of hydrogen-bond donors (Lipinski definition) is 20. The van der Waals surface area contributed by atoms with Gasteiger partial charge in [0.25, 0.3) is 11.5 Å². The number of benzene rings is 3. The van der Waals surface area contributed by atoms with E-state index in [4.69, 9.17) is 46.0 Å². The first-order valence-electron chi connectivity index (χ1n) is 45.4. The number of rotatable bonds is 43. The number of carbonyl (C=O) groups is 15. The molecule has 2 bridgehead atoms. The van der Waals surface area contributed by atoms with Crippen LogP contribution in [0.15, 0.2) is 88.8 Å². The molecule has 141 heavy (non-hydrogen) atoms. The van der Waals surface area contributed by atoms with Crippen LogP contribution in [0.25, 0.3) is 22.1 Å². The number of para-hydroxylation sites is 1. The highest BCUT2D eigenvalue weighted by Gasteiger charge is 2.81. The normalized spacial score (nSPS) is 23.0. The van der Waals surface area contributed by atoms with Gasteiger partial charge in [0.2, 0.25) is 41.1 Å². The lowest BCUT2D eigenvalue weighted by atomic mass is 9.47. The number of carboxylic acid groups (broad SMARTS) is 5. The molecule has 0 radical (unpaired) electrons. The maximum Gasteiger partial charge on any atom is 0.407 e. The highest BCUT2D eigenvalue weighted by Crippen LogP contribution is 2.68. The Labute approximate surface area is 814 Å². The predicted molar refractivity (Wildman–Crippen MR) is 509 cm³/mol. The molecular formula is C91H118N20O28S2. The number of piperidine rings is 1. The van der Waals surface area contributed by atoms with Crippen LogP contribution in [0, 0.1) is 17.3 Å². The fraction of sp³-hybridized carbons (Fsp3) is 0.516. The zero-order chi connectivity index (χ0) is 103. The van der Waals surface area contributed by atoms with Crippen molar-refractivity contribution >= 4 is 156 Å². The zero-order valence-electron chi connectivity index (χ0n) is 78.6.